The van der Waals surface area contributed by atoms with Crippen LogP contribution >= 0.6 is 11.3 Å². The maximum absolute atomic E-state index is 12.0. The summed E-state index contributed by atoms with van der Waals surface area (Å²) >= 11 is 0.868. The number of aromatic carboxylic acids is 1. The molecule has 0 saturated carbocycles. The lowest BCUT2D eigenvalue weighted by Gasteiger charge is -2.06. The number of pyridine rings is 1. The molecule has 0 saturated heterocycles. The van der Waals surface area contributed by atoms with E-state index in [9.17, 15) is 23.3 Å². The molecular weight excluding hydrogens is 322 g/mol. The molecule has 0 radical (unpaired) electrons. The van der Waals surface area contributed by atoms with Gasteiger partial charge >= 0.3 is 11.8 Å². The molecule has 9 nitrogen and oxygen atoms in total. The van der Waals surface area contributed by atoms with E-state index < -0.39 is 26.7 Å². The summed E-state index contributed by atoms with van der Waals surface area (Å²) in [5, 5.41) is 20.8. The van der Waals surface area contributed by atoms with Gasteiger partial charge in [-0.1, -0.05) is 0 Å². The van der Waals surface area contributed by atoms with Gasteiger partial charge < -0.3 is 15.2 Å². The van der Waals surface area contributed by atoms with E-state index in [1.165, 1.54) is 11.4 Å². The van der Waals surface area contributed by atoms with Gasteiger partial charge in [0.15, 0.2) is 6.20 Å². The highest BCUT2D eigenvalue weighted by molar-refractivity contribution is 7.92. The Balaban J connectivity index is 2.32. The Labute approximate surface area is 122 Å². The SMILES string of the molecule is O=C(O)c1sccc1NS(=O)(=O)c1ccc([N+](=O)[O-])nc1. The molecule has 11 heteroatoms. The van der Waals surface area contributed by atoms with Crippen LogP contribution in [0.5, 0.6) is 0 Å². The highest BCUT2D eigenvalue weighted by atomic mass is 32.2. The number of nitrogens with one attached hydrogen (secondary N) is 1. The summed E-state index contributed by atoms with van der Waals surface area (Å²) < 4.78 is 26.2. The van der Waals surface area contributed by atoms with Gasteiger partial charge in [-0.05, 0) is 27.4 Å². The molecule has 0 unspecified atom stereocenters. The first-order valence-corrected chi connectivity index (χ1v) is 7.61. The van der Waals surface area contributed by atoms with Crippen molar-refractivity contribution in [2.75, 3.05) is 4.72 Å². The van der Waals surface area contributed by atoms with Crippen molar-refractivity contribution in [3.63, 3.8) is 0 Å². The van der Waals surface area contributed by atoms with Crippen LogP contribution in [0.15, 0.2) is 34.7 Å². The van der Waals surface area contributed by atoms with Crippen molar-refractivity contribution in [2.24, 2.45) is 0 Å². The third-order valence-electron chi connectivity index (χ3n) is 2.32. The maximum Gasteiger partial charge on any atom is 0.363 e. The smallest absolute Gasteiger partial charge is 0.363 e. The summed E-state index contributed by atoms with van der Waals surface area (Å²) in [4.78, 5) is 23.5. The molecule has 2 rings (SSSR count). The summed E-state index contributed by atoms with van der Waals surface area (Å²) in [5.41, 5.74) is -0.0779. The number of nitrogens with zero attached hydrogens (tertiary/aromatic N) is 2. The van der Waals surface area contributed by atoms with Gasteiger partial charge in [0.1, 0.15) is 9.77 Å². The average molecular weight is 329 g/mol. The van der Waals surface area contributed by atoms with Crippen molar-refractivity contribution in [1.29, 1.82) is 0 Å². The zero-order valence-corrected chi connectivity index (χ0v) is 11.7. The normalized spacial score (nSPS) is 11.0. The fourth-order valence-corrected chi connectivity index (χ4v) is 3.17. The van der Waals surface area contributed by atoms with E-state index in [-0.39, 0.29) is 15.5 Å². The molecule has 0 bridgehead atoms. The standard InChI is InChI=1S/C10H7N3O6S2/c14-10(15)9-7(3-4-20-9)12-21(18,19)6-1-2-8(11-5-6)13(16)17/h1-5,12H,(H,14,15). The summed E-state index contributed by atoms with van der Waals surface area (Å²) in [6, 6.07) is 3.27. The Morgan fingerprint density at radius 1 is 1.38 bits per heavy atom. The topological polar surface area (TPSA) is 140 Å². The highest BCUT2D eigenvalue weighted by Gasteiger charge is 2.21. The summed E-state index contributed by atoms with van der Waals surface area (Å²) in [7, 11) is -4.07. The molecule has 0 aliphatic heterocycles. The first-order chi connectivity index (χ1) is 9.81. The van der Waals surface area contributed by atoms with Gasteiger partial charge in [0.05, 0.1) is 5.69 Å². The minimum atomic E-state index is -4.07. The van der Waals surface area contributed by atoms with Crippen LogP contribution in [0.3, 0.4) is 0 Å². The van der Waals surface area contributed by atoms with Gasteiger partial charge in [-0.2, -0.15) is 0 Å². The van der Waals surface area contributed by atoms with Crippen LogP contribution < -0.4 is 4.72 Å². The van der Waals surface area contributed by atoms with Crippen molar-refractivity contribution in [2.45, 2.75) is 4.90 Å². The van der Waals surface area contributed by atoms with E-state index in [2.05, 4.69) is 9.71 Å². The second-order valence-corrected chi connectivity index (χ2v) is 6.28. The number of thiophene rings is 1. The molecule has 0 fully saturated rings. The van der Waals surface area contributed by atoms with Crippen molar-refractivity contribution in [3.05, 3.63) is 44.8 Å². The lowest BCUT2D eigenvalue weighted by molar-refractivity contribution is -0.389. The zero-order chi connectivity index (χ0) is 15.6. The number of anilines is 1. The second-order valence-electron chi connectivity index (χ2n) is 3.68. The number of hydrogen-bond acceptors (Lipinski definition) is 7. The number of sulfonamides is 1. The van der Waals surface area contributed by atoms with Gasteiger partial charge in [-0.3, -0.25) is 4.72 Å². The first kappa shape index (κ1) is 14.9. The number of hydrogen-bond donors (Lipinski definition) is 2. The lowest BCUT2D eigenvalue weighted by Crippen LogP contribution is -2.14. The molecular formula is C10H7N3O6S2. The maximum atomic E-state index is 12.0. The number of rotatable bonds is 5. The molecule has 0 aliphatic rings. The largest absolute Gasteiger partial charge is 0.477 e. The molecule has 2 N–H and O–H groups in total. The predicted octanol–water partition coefficient (Wildman–Crippen LogP) is 1.55. The number of carboxylic acids is 1. The Morgan fingerprint density at radius 3 is 2.62 bits per heavy atom. The summed E-state index contributed by atoms with van der Waals surface area (Å²) in [6.45, 7) is 0. The van der Waals surface area contributed by atoms with Crippen LogP contribution in [-0.2, 0) is 10.0 Å². The van der Waals surface area contributed by atoms with Crippen LogP contribution in [0.4, 0.5) is 11.5 Å². The highest BCUT2D eigenvalue weighted by Crippen LogP contribution is 2.25. The molecule has 2 aromatic rings. The summed E-state index contributed by atoms with van der Waals surface area (Å²) in [5.74, 6) is -1.75. The zero-order valence-electron chi connectivity index (χ0n) is 10.1. The monoisotopic (exact) mass is 329 g/mol. The number of nitro groups is 1. The van der Waals surface area contributed by atoms with Gasteiger partial charge in [-0.15, -0.1) is 11.3 Å². The van der Waals surface area contributed by atoms with Gasteiger partial charge in [0.25, 0.3) is 10.0 Å². The Morgan fingerprint density at radius 2 is 2.10 bits per heavy atom. The lowest BCUT2D eigenvalue weighted by atomic mass is 10.4. The van der Waals surface area contributed by atoms with Crippen molar-refractivity contribution in [3.8, 4) is 0 Å². The van der Waals surface area contributed by atoms with E-state index in [0.717, 1.165) is 29.7 Å². The van der Waals surface area contributed by atoms with Crippen molar-refractivity contribution < 1.29 is 23.2 Å². The molecule has 0 aliphatic carbocycles. The number of carboxylic acid groups (broad SMARTS) is 1. The third kappa shape index (κ3) is 3.14. The quantitative estimate of drug-likeness (QED) is 0.626. The number of aromatic nitrogens is 1. The van der Waals surface area contributed by atoms with E-state index in [0.29, 0.717) is 0 Å². The molecule has 21 heavy (non-hydrogen) atoms. The van der Waals surface area contributed by atoms with E-state index >= 15 is 0 Å². The fourth-order valence-electron chi connectivity index (χ4n) is 1.40. The van der Waals surface area contributed by atoms with E-state index in [1.54, 1.807) is 0 Å². The second kappa shape index (κ2) is 5.46. The Hall–Kier alpha value is -2.53. The van der Waals surface area contributed by atoms with Gasteiger partial charge in [0.2, 0.25) is 0 Å². The van der Waals surface area contributed by atoms with Crippen molar-refractivity contribution in [1.82, 2.24) is 4.98 Å². The molecule has 0 spiro atoms. The average Bonchev–Trinajstić information content (AvgIpc) is 2.86. The molecule has 0 amide bonds. The van der Waals surface area contributed by atoms with Crippen LogP contribution in [0.1, 0.15) is 9.67 Å². The fraction of sp³-hybridized carbons (Fsp3) is 0. The van der Waals surface area contributed by atoms with Crippen LogP contribution in [0.25, 0.3) is 0 Å². The van der Waals surface area contributed by atoms with Crippen molar-refractivity contribution >= 4 is 38.8 Å². The van der Waals surface area contributed by atoms with Crippen LogP contribution in [0.2, 0.25) is 0 Å². The van der Waals surface area contributed by atoms with Gasteiger partial charge in [-0.25, -0.2) is 13.2 Å². The van der Waals surface area contributed by atoms with Crippen LogP contribution in [0, 0.1) is 10.1 Å². The van der Waals surface area contributed by atoms with E-state index in [1.807, 2.05) is 0 Å². The molecule has 2 aromatic heterocycles. The third-order valence-corrected chi connectivity index (χ3v) is 4.58. The molecule has 2 heterocycles. The summed E-state index contributed by atoms with van der Waals surface area (Å²) in [6.07, 6.45) is 0.827. The molecule has 0 atom stereocenters. The molecule has 0 aromatic carbocycles. The number of carbonyl (C=O) groups is 1. The van der Waals surface area contributed by atoms with Gasteiger partial charge in [0, 0.05) is 6.07 Å². The molecule has 110 valence electrons. The predicted molar refractivity (Wildman–Crippen MR) is 73.0 cm³/mol. The minimum Gasteiger partial charge on any atom is -0.477 e. The minimum absolute atomic E-state index is 0.0779. The van der Waals surface area contributed by atoms with E-state index in [4.69, 9.17) is 5.11 Å². The Bertz CT molecular complexity index is 796. The first-order valence-electron chi connectivity index (χ1n) is 5.25. The Kier molecular flexibility index (Phi) is 3.86. The van der Waals surface area contributed by atoms with Crippen LogP contribution in [-0.4, -0.2) is 29.4 Å².